The van der Waals surface area contributed by atoms with E-state index in [2.05, 4.69) is 55.8 Å². The predicted octanol–water partition coefficient (Wildman–Crippen LogP) is 4.27. The Morgan fingerprint density at radius 3 is 2.52 bits per heavy atom. The number of likely N-dealkylation sites (tertiary alicyclic amines) is 1. The zero-order chi connectivity index (χ0) is 22.3. The fourth-order valence-corrected chi connectivity index (χ4v) is 4.14. The maximum atomic E-state index is 14.6. The van der Waals surface area contributed by atoms with Crippen molar-refractivity contribution in [3.8, 4) is 5.69 Å². The molecule has 1 aromatic heterocycles. The van der Waals surface area contributed by atoms with Crippen molar-refractivity contribution in [2.75, 3.05) is 20.1 Å². The van der Waals surface area contributed by atoms with Crippen LogP contribution in [0.5, 0.6) is 0 Å². The van der Waals surface area contributed by atoms with E-state index < -0.39 is 0 Å². The molecular formula is C25H32FIN6. The summed E-state index contributed by atoms with van der Waals surface area (Å²) in [6.45, 7) is 5.48. The molecule has 2 N–H and O–H groups in total. The van der Waals surface area contributed by atoms with Crippen molar-refractivity contribution in [1.29, 1.82) is 0 Å². The molecule has 0 spiro atoms. The molecule has 0 bridgehead atoms. The van der Waals surface area contributed by atoms with Gasteiger partial charge < -0.3 is 15.2 Å². The minimum Gasteiger partial charge on any atom is -0.354 e. The average molecular weight is 562 g/mol. The summed E-state index contributed by atoms with van der Waals surface area (Å²) in [5, 5.41) is 6.84. The first-order valence-electron chi connectivity index (χ1n) is 11.1. The van der Waals surface area contributed by atoms with E-state index in [0.29, 0.717) is 18.3 Å². The molecule has 0 unspecified atom stereocenters. The third kappa shape index (κ3) is 6.77. The molecule has 0 atom stereocenters. The van der Waals surface area contributed by atoms with E-state index in [1.54, 1.807) is 36.1 Å². The highest BCUT2D eigenvalue weighted by Gasteiger charge is 2.20. The Kier molecular flexibility index (Phi) is 9.25. The van der Waals surface area contributed by atoms with Gasteiger partial charge in [0.2, 0.25) is 0 Å². The van der Waals surface area contributed by atoms with Crippen molar-refractivity contribution in [3.63, 3.8) is 0 Å². The van der Waals surface area contributed by atoms with Crippen LogP contribution in [0.15, 0.2) is 65.9 Å². The molecule has 33 heavy (non-hydrogen) atoms. The number of hydrogen-bond acceptors (Lipinski definition) is 3. The van der Waals surface area contributed by atoms with Crippen LogP contribution in [0.25, 0.3) is 5.69 Å². The highest BCUT2D eigenvalue weighted by Crippen LogP contribution is 2.17. The maximum Gasteiger partial charge on any atom is 0.191 e. The standard InChI is InChI=1S/C25H31FN6.HI/c1-19-28-12-15-32(19)24-9-8-21(16-23(24)26)17-29-25(27-2)30-22-10-13-31(14-11-22)18-20-6-4-3-5-7-20;/h3-9,12,15-16,22H,10-11,13-14,17-18H2,1-2H3,(H2,27,29,30);1H. The highest BCUT2D eigenvalue weighted by atomic mass is 127. The maximum absolute atomic E-state index is 14.6. The van der Waals surface area contributed by atoms with Crippen LogP contribution < -0.4 is 10.6 Å². The lowest BCUT2D eigenvalue weighted by Gasteiger charge is -2.33. The number of nitrogens with zero attached hydrogens (tertiary/aromatic N) is 4. The molecule has 0 aliphatic carbocycles. The van der Waals surface area contributed by atoms with Crippen LogP contribution in [0.4, 0.5) is 4.39 Å². The smallest absolute Gasteiger partial charge is 0.191 e. The first-order valence-corrected chi connectivity index (χ1v) is 11.1. The lowest BCUT2D eigenvalue weighted by atomic mass is 10.0. The Hall–Kier alpha value is -2.46. The molecule has 4 rings (SSSR count). The number of guanidine groups is 1. The zero-order valence-electron chi connectivity index (χ0n) is 19.2. The second-order valence-electron chi connectivity index (χ2n) is 8.24. The Morgan fingerprint density at radius 1 is 1.12 bits per heavy atom. The molecule has 0 amide bonds. The number of aryl methyl sites for hydroxylation is 1. The second-order valence-corrected chi connectivity index (χ2v) is 8.24. The van der Waals surface area contributed by atoms with Gasteiger partial charge in [-0.25, -0.2) is 9.37 Å². The molecule has 1 saturated heterocycles. The van der Waals surface area contributed by atoms with Crippen LogP contribution in [0.2, 0.25) is 0 Å². The first kappa shape index (κ1) is 25.2. The number of benzene rings is 2. The molecular weight excluding hydrogens is 530 g/mol. The summed E-state index contributed by atoms with van der Waals surface area (Å²) in [5.74, 6) is 1.25. The quantitative estimate of drug-likeness (QED) is 0.268. The minimum atomic E-state index is -0.265. The molecule has 1 aliphatic heterocycles. The van der Waals surface area contributed by atoms with Crippen molar-refractivity contribution in [1.82, 2.24) is 25.1 Å². The Labute approximate surface area is 212 Å². The Morgan fingerprint density at radius 2 is 1.88 bits per heavy atom. The highest BCUT2D eigenvalue weighted by molar-refractivity contribution is 14.0. The minimum absolute atomic E-state index is 0. The third-order valence-electron chi connectivity index (χ3n) is 5.96. The van der Waals surface area contributed by atoms with E-state index in [1.807, 2.05) is 13.0 Å². The van der Waals surface area contributed by atoms with Gasteiger partial charge in [-0.3, -0.25) is 9.89 Å². The fraction of sp³-hybridized carbons (Fsp3) is 0.360. The van der Waals surface area contributed by atoms with Gasteiger partial charge in [-0.15, -0.1) is 24.0 Å². The molecule has 0 saturated carbocycles. The van der Waals surface area contributed by atoms with Gasteiger partial charge >= 0.3 is 0 Å². The van der Waals surface area contributed by atoms with Gasteiger partial charge in [0.15, 0.2) is 5.96 Å². The molecule has 2 aromatic carbocycles. The van der Waals surface area contributed by atoms with Gasteiger partial charge in [0.05, 0.1) is 5.69 Å². The Balaban J connectivity index is 0.00000306. The number of rotatable bonds is 6. The second kappa shape index (κ2) is 12.1. The van der Waals surface area contributed by atoms with Crippen LogP contribution in [0.1, 0.15) is 29.8 Å². The summed E-state index contributed by atoms with van der Waals surface area (Å²) in [6.07, 6.45) is 5.58. The summed E-state index contributed by atoms with van der Waals surface area (Å²) in [6, 6.07) is 16.3. The van der Waals surface area contributed by atoms with E-state index in [4.69, 9.17) is 0 Å². The van der Waals surface area contributed by atoms with Gasteiger partial charge in [-0.2, -0.15) is 0 Å². The van der Waals surface area contributed by atoms with Gasteiger partial charge in [-0.05, 0) is 43.0 Å². The summed E-state index contributed by atoms with van der Waals surface area (Å²) in [4.78, 5) is 11.0. The SMILES string of the molecule is CN=C(NCc1ccc(-n2ccnc2C)c(F)c1)NC1CCN(Cc2ccccc2)CC1.I. The monoisotopic (exact) mass is 562 g/mol. The van der Waals surface area contributed by atoms with E-state index in [9.17, 15) is 4.39 Å². The van der Waals surface area contributed by atoms with E-state index >= 15 is 0 Å². The molecule has 1 fully saturated rings. The van der Waals surface area contributed by atoms with E-state index in [0.717, 1.165) is 49.8 Å². The van der Waals surface area contributed by atoms with Crippen molar-refractivity contribution >= 4 is 29.9 Å². The van der Waals surface area contributed by atoms with Crippen LogP contribution >= 0.6 is 24.0 Å². The van der Waals surface area contributed by atoms with Crippen LogP contribution in [-0.2, 0) is 13.1 Å². The number of aromatic nitrogens is 2. The topological polar surface area (TPSA) is 57.5 Å². The number of halogens is 2. The van der Waals surface area contributed by atoms with Crippen LogP contribution in [0.3, 0.4) is 0 Å². The van der Waals surface area contributed by atoms with Gasteiger partial charge in [-0.1, -0.05) is 36.4 Å². The molecule has 8 heteroatoms. The number of imidazole rings is 1. The molecule has 176 valence electrons. The zero-order valence-corrected chi connectivity index (χ0v) is 21.5. The fourth-order valence-electron chi connectivity index (χ4n) is 4.14. The van der Waals surface area contributed by atoms with E-state index in [-0.39, 0.29) is 29.8 Å². The largest absolute Gasteiger partial charge is 0.354 e. The lowest BCUT2D eigenvalue weighted by molar-refractivity contribution is 0.198. The number of nitrogens with one attached hydrogen (secondary N) is 2. The van der Waals surface area contributed by atoms with Crippen molar-refractivity contribution < 1.29 is 4.39 Å². The summed E-state index contributed by atoms with van der Waals surface area (Å²) < 4.78 is 16.4. The first-order chi connectivity index (χ1) is 15.6. The predicted molar refractivity (Wildman–Crippen MR) is 142 cm³/mol. The van der Waals surface area contributed by atoms with Gasteiger partial charge in [0, 0.05) is 51.7 Å². The average Bonchev–Trinajstić information content (AvgIpc) is 3.24. The van der Waals surface area contributed by atoms with Crippen molar-refractivity contribution in [2.24, 2.45) is 4.99 Å². The molecule has 2 heterocycles. The number of hydrogen-bond donors (Lipinski definition) is 2. The number of aliphatic imine (C=N–C) groups is 1. The molecule has 6 nitrogen and oxygen atoms in total. The molecule has 0 radical (unpaired) electrons. The normalized spacial score (nSPS) is 15.2. The third-order valence-corrected chi connectivity index (χ3v) is 5.96. The Bertz CT molecular complexity index is 1040. The summed E-state index contributed by atoms with van der Waals surface area (Å²) in [7, 11) is 1.77. The van der Waals surface area contributed by atoms with Crippen molar-refractivity contribution in [2.45, 2.75) is 38.9 Å². The summed E-state index contributed by atoms with van der Waals surface area (Å²) in [5.41, 5.74) is 2.73. The molecule has 3 aromatic rings. The van der Waals surface area contributed by atoms with E-state index in [1.165, 1.54) is 5.56 Å². The van der Waals surface area contributed by atoms with Crippen LogP contribution in [0, 0.1) is 12.7 Å². The van der Waals surface area contributed by atoms with Gasteiger partial charge in [0.25, 0.3) is 0 Å². The van der Waals surface area contributed by atoms with Crippen LogP contribution in [-0.4, -0.2) is 46.6 Å². The van der Waals surface area contributed by atoms with Gasteiger partial charge in [0.1, 0.15) is 11.6 Å². The molecule has 1 aliphatic rings. The van der Waals surface area contributed by atoms with Crippen molar-refractivity contribution in [3.05, 3.63) is 83.7 Å². The summed E-state index contributed by atoms with van der Waals surface area (Å²) >= 11 is 0. The lowest BCUT2D eigenvalue weighted by Crippen LogP contribution is -2.48. The number of piperidine rings is 1.